The van der Waals surface area contributed by atoms with Gasteiger partial charge in [-0.25, -0.2) is 0 Å². The quantitative estimate of drug-likeness (QED) is 0.733. The van der Waals surface area contributed by atoms with Gasteiger partial charge in [0.15, 0.2) is 0 Å². The molecule has 0 spiro atoms. The van der Waals surface area contributed by atoms with Gasteiger partial charge in [-0.05, 0) is 32.5 Å². The van der Waals surface area contributed by atoms with Gasteiger partial charge >= 0.3 is 0 Å². The Morgan fingerprint density at radius 2 is 2.25 bits per heavy atom. The van der Waals surface area contributed by atoms with Crippen molar-refractivity contribution in [1.82, 2.24) is 10.3 Å². The van der Waals surface area contributed by atoms with Gasteiger partial charge < -0.3 is 5.32 Å². The van der Waals surface area contributed by atoms with Crippen molar-refractivity contribution in [2.24, 2.45) is 0 Å². The number of aryl methyl sites for hydroxylation is 1. The van der Waals surface area contributed by atoms with E-state index in [0.717, 1.165) is 12.1 Å². The number of hydrogen-bond acceptors (Lipinski definition) is 2. The van der Waals surface area contributed by atoms with E-state index in [2.05, 4.69) is 36.3 Å². The molecule has 0 saturated heterocycles. The molecule has 1 unspecified atom stereocenters. The van der Waals surface area contributed by atoms with Gasteiger partial charge in [-0.15, -0.1) is 0 Å². The maximum absolute atomic E-state index is 4.33. The molecule has 1 N–H and O–H groups in total. The second kappa shape index (κ2) is 4.21. The zero-order chi connectivity index (χ0) is 8.97. The Balaban J connectivity index is 2.58. The monoisotopic (exact) mass is 164 g/mol. The second-order valence-electron chi connectivity index (χ2n) is 3.22. The lowest BCUT2D eigenvalue weighted by Gasteiger charge is -2.08. The molecular weight excluding hydrogens is 148 g/mol. The van der Waals surface area contributed by atoms with Gasteiger partial charge in [0.1, 0.15) is 0 Å². The van der Waals surface area contributed by atoms with Gasteiger partial charge in [0.2, 0.25) is 0 Å². The third kappa shape index (κ3) is 2.62. The molecule has 2 nitrogen and oxygen atoms in total. The summed E-state index contributed by atoms with van der Waals surface area (Å²) >= 11 is 0. The zero-order valence-corrected chi connectivity index (χ0v) is 7.96. The largest absolute Gasteiger partial charge is 0.317 e. The van der Waals surface area contributed by atoms with Crippen molar-refractivity contribution in [2.45, 2.75) is 26.3 Å². The highest BCUT2D eigenvalue weighted by molar-refractivity contribution is 5.12. The standard InChI is InChI=1S/C10H16N2/c1-8-4-5-10(12-7-8)6-9(2)11-3/h4-5,7,9,11H,6H2,1-3H3. The van der Waals surface area contributed by atoms with Crippen LogP contribution in [0.2, 0.25) is 0 Å². The average molecular weight is 164 g/mol. The van der Waals surface area contributed by atoms with Gasteiger partial charge in [-0.1, -0.05) is 6.07 Å². The van der Waals surface area contributed by atoms with E-state index in [4.69, 9.17) is 0 Å². The van der Waals surface area contributed by atoms with Crippen LogP contribution in [0.3, 0.4) is 0 Å². The fraction of sp³-hybridized carbons (Fsp3) is 0.500. The van der Waals surface area contributed by atoms with Crippen LogP contribution in [0.1, 0.15) is 18.2 Å². The summed E-state index contributed by atoms with van der Waals surface area (Å²) in [6, 6.07) is 4.69. The van der Waals surface area contributed by atoms with E-state index in [-0.39, 0.29) is 0 Å². The van der Waals surface area contributed by atoms with Crippen LogP contribution in [-0.4, -0.2) is 18.1 Å². The highest BCUT2D eigenvalue weighted by atomic mass is 14.9. The molecule has 0 aromatic carbocycles. The van der Waals surface area contributed by atoms with E-state index in [9.17, 15) is 0 Å². The van der Waals surface area contributed by atoms with Crippen molar-refractivity contribution < 1.29 is 0 Å². The third-order valence-electron chi connectivity index (χ3n) is 1.98. The second-order valence-corrected chi connectivity index (χ2v) is 3.22. The fourth-order valence-electron chi connectivity index (χ4n) is 1.03. The van der Waals surface area contributed by atoms with Crippen LogP contribution in [0.5, 0.6) is 0 Å². The molecule has 2 heteroatoms. The smallest absolute Gasteiger partial charge is 0.0419 e. The Morgan fingerprint density at radius 3 is 2.75 bits per heavy atom. The van der Waals surface area contributed by atoms with Gasteiger partial charge in [0.25, 0.3) is 0 Å². The van der Waals surface area contributed by atoms with Crippen LogP contribution in [0.4, 0.5) is 0 Å². The van der Waals surface area contributed by atoms with Crippen molar-refractivity contribution in [2.75, 3.05) is 7.05 Å². The van der Waals surface area contributed by atoms with Gasteiger partial charge in [0, 0.05) is 24.4 Å². The summed E-state index contributed by atoms with van der Waals surface area (Å²) in [5.74, 6) is 0. The number of nitrogens with zero attached hydrogens (tertiary/aromatic N) is 1. The number of nitrogens with one attached hydrogen (secondary N) is 1. The Hall–Kier alpha value is -0.890. The SMILES string of the molecule is CNC(C)Cc1ccc(C)cn1. The van der Waals surface area contributed by atoms with Gasteiger partial charge in [0.05, 0.1) is 0 Å². The molecule has 0 fully saturated rings. The minimum absolute atomic E-state index is 0.500. The van der Waals surface area contributed by atoms with Crippen molar-refractivity contribution in [1.29, 1.82) is 0 Å². The number of pyridine rings is 1. The molecule has 66 valence electrons. The summed E-state index contributed by atoms with van der Waals surface area (Å²) in [7, 11) is 1.97. The average Bonchev–Trinajstić information content (AvgIpc) is 2.09. The molecule has 0 aliphatic heterocycles. The van der Waals surface area contributed by atoms with E-state index in [1.54, 1.807) is 0 Å². The molecule has 1 rings (SSSR count). The van der Waals surface area contributed by atoms with E-state index in [1.165, 1.54) is 5.56 Å². The first-order valence-corrected chi connectivity index (χ1v) is 4.31. The molecule has 0 amide bonds. The van der Waals surface area contributed by atoms with Gasteiger partial charge in [-0.2, -0.15) is 0 Å². The lowest BCUT2D eigenvalue weighted by molar-refractivity contribution is 0.600. The Morgan fingerprint density at radius 1 is 1.50 bits per heavy atom. The van der Waals surface area contributed by atoms with Crippen LogP contribution < -0.4 is 5.32 Å². The molecular formula is C10H16N2. The van der Waals surface area contributed by atoms with Crippen molar-refractivity contribution in [3.8, 4) is 0 Å². The summed E-state index contributed by atoms with van der Waals surface area (Å²) in [6.07, 6.45) is 2.91. The number of likely N-dealkylation sites (N-methyl/N-ethyl adjacent to an activating group) is 1. The summed E-state index contributed by atoms with van der Waals surface area (Å²) in [5, 5.41) is 3.19. The molecule has 0 aliphatic rings. The first kappa shape index (κ1) is 9.20. The van der Waals surface area contributed by atoms with Crippen LogP contribution in [0.25, 0.3) is 0 Å². The molecule has 1 aromatic rings. The van der Waals surface area contributed by atoms with E-state index in [1.807, 2.05) is 13.2 Å². The number of hydrogen-bond donors (Lipinski definition) is 1. The Kier molecular flexibility index (Phi) is 3.23. The predicted octanol–water partition coefficient (Wildman–Crippen LogP) is 1.54. The molecule has 1 heterocycles. The normalized spacial score (nSPS) is 12.9. The predicted molar refractivity (Wildman–Crippen MR) is 51.2 cm³/mol. The summed E-state index contributed by atoms with van der Waals surface area (Å²) < 4.78 is 0. The highest BCUT2D eigenvalue weighted by Crippen LogP contribution is 2.01. The maximum atomic E-state index is 4.33. The highest BCUT2D eigenvalue weighted by Gasteiger charge is 2.00. The minimum atomic E-state index is 0.500. The Bertz CT molecular complexity index is 228. The maximum Gasteiger partial charge on any atom is 0.0419 e. The first-order valence-electron chi connectivity index (χ1n) is 4.31. The first-order chi connectivity index (χ1) is 5.72. The third-order valence-corrected chi connectivity index (χ3v) is 1.98. The van der Waals surface area contributed by atoms with Crippen LogP contribution in [-0.2, 0) is 6.42 Å². The summed E-state index contributed by atoms with van der Waals surface area (Å²) in [5.41, 5.74) is 2.37. The summed E-state index contributed by atoms with van der Waals surface area (Å²) in [6.45, 7) is 4.21. The molecule has 0 bridgehead atoms. The number of rotatable bonds is 3. The van der Waals surface area contributed by atoms with Crippen LogP contribution >= 0.6 is 0 Å². The number of aromatic nitrogens is 1. The van der Waals surface area contributed by atoms with E-state index >= 15 is 0 Å². The molecule has 1 atom stereocenters. The van der Waals surface area contributed by atoms with Crippen LogP contribution in [0.15, 0.2) is 18.3 Å². The molecule has 12 heavy (non-hydrogen) atoms. The molecule has 0 saturated carbocycles. The fourth-order valence-corrected chi connectivity index (χ4v) is 1.03. The lowest BCUT2D eigenvalue weighted by atomic mass is 10.1. The van der Waals surface area contributed by atoms with E-state index < -0.39 is 0 Å². The zero-order valence-electron chi connectivity index (χ0n) is 7.96. The van der Waals surface area contributed by atoms with Gasteiger partial charge in [-0.3, -0.25) is 4.98 Å². The van der Waals surface area contributed by atoms with Crippen LogP contribution in [0, 0.1) is 6.92 Å². The van der Waals surface area contributed by atoms with Crippen molar-refractivity contribution in [3.63, 3.8) is 0 Å². The van der Waals surface area contributed by atoms with Crippen molar-refractivity contribution in [3.05, 3.63) is 29.6 Å². The topological polar surface area (TPSA) is 24.9 Å². The molecule has 1 aromatic heterocycles. The molecule has 0 radical (unpaired) electrons. The summed E-state index contributed by atoms with van der Waals surface area (Å²) in [4.78, 5) is 4.33. The molecule has 0 aliphatic carbocycles. The van der Waals surface area contributed by atoms with Crippen molar-refractivity contribution >= 4 is 0 Å². The Labute approximate surface area is 74.0 Å². The van der Waals surface area contributed by atoms with E-state index in [0.29, 0.717) is 6.04 Å². The lowest BCUT2D eigenvalue weighted by Crippen LogP contribution is -2.23. The minimum Gasteiger partial charge on any atom is -0.317 e.